The molecule has 140 valence electrons. The third-order valence-electron chi connectivity index (χ3n) is 3.62. The maximum absolute atomic E-state index is 12.1. The van der Waals surface area contributed by atoms with Crippen molar-refractivity contribution in [1.82, 2.24) is 4.72 Å². The van der Waals surface area contributed by atoms with Gasteiger partial charge >= 0.3 is 0 Å². The number of hydrogen-bond acceptors (Lipinski definition) is 3. The van der Waals surface area contributed by atoms with E-state index in [4.69, 9.17) is 23.2 Å². The minimum absolute atomic E-state index is 0.199. The van der Waals surface area contributed by atoms with Gasteiger partial charge in [0.2, 0.25) is 15.9 Å². The fourth-order valence-corrected chi connectivity index (χ4v) is 3.69. The minimum atomic E-state index is -3.48. The zero-order valence-corrected chi connectivity index (χ0v) is 16.6. The fourth-order valence-electron chi connectivity index (χ4n) is 2.22. The lowest BCUT2D eigenvalue weighted by Gasteiger charge is -2.09. The highest BCUT2D eigenvalue weighted by Gasteiger charge is 2.13. The molecule has 2 aromatic rings. The molecule has 0 radical (unpaired) electrons. The summed E-state index contributed by atoms with van der Waals surface area (Å²) in [7, 11) is -3.48. The normalized spacial score (nSPS) is 11.3. The molecule has 0 saturated carbocycles. The Morgan fingerprint density at radius 3 is 2.42 bits per heavy atom. The number of aryl methyl sites for hydroxylation is 1. The Kier molecular flexibility index (Phi) is 7.46. The Balaban J connectivity index is 1.93. The molecule has 2 rings (SSSR count). The fraction of sp³-hybridized carbons (Fsp3) is 0.278. The quantitative estimate of drug-likeness (QED) is 0.677. The molecular formula is C18H20Cl2N2O3S. The average Bonchev–Trinajstić information content (AvgIpc) is 2.62. The Morgan fingerprint density at radius 2 is 1.77 bits per heavy atom. The number of hydrogen-bond donors (Lipinski definition) is 2. The first kappa shape index (κ1) is 20.7. The first-order chi connectivity index (χ1) is 12.3. The lowest BCUT2D eigenvalue weighted by atomic mass is 10.1. The predicted octanol–water partition coefficient (Wildman–Crippen LogP) is 4.25. The molecule has 26 heavy (non-hydrogen) atoms. The molecule has 0 spiro atoms. The van der Waals surface area contributed by atoms with Gasteiger partial charge in [-0.25, -0.2) is 13.1 Å². The molecule has 0 atom stereocenters. The van der Waals surface area contributed by atoms with Crippen LogP contribution in [-0.4, -0.2) is 20.9 Å². The van der Waals surface area contributed by atoms with Crippen LogP contribution in [0.4, 0.5) is 5.69 Å². The zero-order chi connectivity index (χ0) is 19.2. The molecule has 0 aliphatic rings. The predicted molar refractivity (Wildman–Crippen MR) is 105 cm³/mol. The van der Waals surface area contributed by atoms with Gasteiger partial charge in [0.05, 0.1) is 15.6 Å². The van der Waals surface area contributed by atoms with E-state index in [1.807, 2.05) is 6.92 Å². The van der Waals surface area contributed by atoms with E-state index < -0.39 is 10.0 Å². The summed E-state index contributed by atoms with van der Waals surface area (Å²) in [6.45, 7) is 2.30. The number of halogens is 2. The largest absolute Gasteiger partial charge is 0.325 e. The number of nitrogens with one attached hydrogen (secondary N) is 2. The van der Waals surface area contributed by atoms with Gasteiger partial charge in [0.15, 0.2) is 0 Å². The van der Waals surface area contributed by atoms with Crippen LogP contribution in [-0.2, 0) is 21.2 Å². The number of amides is 1. The molecule has 2 N–H and O–H groups in total. The smallest absolute Gasteiger partial charge is 0.240 e. The molecule has 0 unspecified atom stereocenters. The van der Waals surface area contributed by atoms with Crippen molar-refractivity contribution in [2.24, 2.45) is 0 Å². The van der Waals surface area contributed by atoms with Crippen molar-refractivity contribution in [3.8, 4) is 0 Å². The maximum atomic E-state index is 12.1. The first-order valence-electron chi connectivity index (χ1n) is 8.15. The summed E-state index contributed by atoms with van der Waals surface area (Å²) < 4.78 is 26.6. The van der Waals surface area contributed by atoms with E-state index in [0.717, 1.165) is 12.0 Å². The van der Waals surface area contributed by atoms with E-state index in [1.54, 1.807) is 42.5 Å². The van der Waals surface area contributed by atoms with E-state index in [-0.39, 0.29) is 17.2 Å². The van der Waals surface area contributed by atoms with Crippen molar-refractivity contribution in [3.63, 3.8) is 0 Å². The van der Waals surface area contributed by atoms with Gasteiger partial charge in [-0.1, -0.05) is 42.3 Å². The Labute approximate surface area is 163 Å². The summed E-state index contributed by atoms with van der Waals surface area (Å²) >= 11 is 11.9. The van der Waals surface area contributed by atoms with Gasteiger partial charge < -0.3 is 5.32 Å². The monoisotopic (exact) mass is 414 g/mol. The molecule has 0 heterocycles. The van der Waals surface area contributed by atoms with Crippen molar-refractivity contribution in [1.29, 1.82) is 0 Å². The molecule has 0 aliphatic heterocycles. The van der Waals surface area contributed by atoms with E-state index in [2.05, 4.69) is 10.0 Å². The Hall–Kier alpha value is -1.60. The van der Waals surface area contributed by atoms with Crippen LogP contribution in [0.1, 0.15) is 25.3 Å². The topological polar surface area (TPSA) is 75.3 Å². The van der Waals surface area contributed by atoms with Crippen molar-refractivity contribution in [2.75, 3.05) is 11.9 Å². The van der Waals surface area contributed by atoms with Gasteiger partial charge in [0.25, 0.3) is 0 Å². The van der Waals surface area contributed by atoms with E-state index in [0.29, 0.717) is 28.7 Å². The molecule has 2 aromatic carbocycles. The van der Waals surface area contributed by atoms with Crippen molar-refractivity contribution >= 4 is 44.8 Å². The lowest BCUT2D eigenvalue weighted by molar-refractivity contribution is -0.116. The van der Waals surface area contributed by atoms with Gasteiger partial charge in [-0.15, -0.1) is 0 Å². The van der Waals surface area contributed by atoms with Crippen molar-refractivity contribution in [2.45, 2.75) is 31.1 Å². The van der Waals surface area contributed by atoms with Gasteiger partial charge in [0.1, 0.15) is 0 Å². The van der Waals surface area contributed by atoms with Gasteiger partial charge in [0, 0.05) is 18.0 Å². The lowest BCUT2D eigenvalue weighted by Crippen LogP contribution is -2.24. The molecule has 0 fully saturated rings. The second-order valence-electron chi connectivity index (χ2n) is 5.71. The number of carbonyl (C=O) groups is 1. The molecule has 5 nitrogen and oxygen atoms in total. The van der Waals surface area contributed by atoms with Crippen molar-refractivity contribution < 1.29 is 13.2 Å². The summed E-state index contributed by atoms with van der Waals surface area (Å²) in [6.07, 6.45) is 1.44. The van der Waals surface area contributed by atoms with E-state index in [1.165, 1.54) is 0 Å². The number of anilines is 1. The second kappa shape index (κ2) is 9.37. The van der Waals surface area contributed by atoms with Gasteiger partial charge in [-0.2, -0.15) is 0 Å². The van der Waals surface area contributed by atoms with Crippen LogP contribution in [0.2, 0.25) is 10.0 Å². The van der Waals surface area contributed by atoms with Crippen LogP contribution in [0.25, 0.3) is 0 Å². The van der Waals surface area contributed by atoms with Crippen LogP contribution in [0.15, 0.2) is 47.4 Å². The standard InChI is InChI=1S/C18H20Cl2N2O3S/c1-2-11-21-26(24,25)15-7-3-13(4-8-15)5-10-18(23)22-17-12-14(19)6-9-16(17)20/h3-4,6-9,12,21H,2,5,10-11H2,1H3,(H,22,23). The first-order valence-corrected chi connectivity index (χ1v) is 10.4. The SMILES string of the molecule is CCCNS(=O)(=O)c1ccc(CCC(=O)Nc2cc(Cl)ccc2Cl)cc1. The molecule has 8 heteroatoms. The highest BCUT2D eigenvalue weighted by Crippen LogP contribution is 2.25. The average molecular weight is 415 g/mol. The Bertz CT molecular complexity index is 869. The summed E-state index contributed by atoms with van der Waals surface area (Å²) in [5, 5.41) is 3.62. The number of benzene rings is 2. The summed E-state index contributed by atoms with van der Waals surface area (Å²) in [4.78, 5) is 12.3. The highest BCUT2D eigenvalue weighted by atomic mass is 35.5. The van der Waals surface area contributed by atoms with Crippen LogP contribution < -0.4 is 10.0 Å². The van der Waals surface area contributed by atoms with Gasteiger partial charge in [-0.05, 0) is 48.7 Å². The van der Waals surface area contributed by atoms with Crippen LogP contribution >= 0.6 is 23.2 Å². The zero-order valence-electron chi connectivity index (χ0n) is 14.3. The van der Waals surface area contributed by atoms with Gasteiger partial charge in [-0.3, -0.25) is 4.79 Å². The third-order valence-corrected chi connectivity index (χ3v) is 5.66. The minimum Gasteiger partial charge on any atom is -0.325 e. The van der Waals surface area contributed by atoms with Crippen LogP contribution in [0, 0.1) is 0 Å². The van der Waals surface area contributed by atoms with E-state index in [9.17, 15) is 13.2 Å². The number of sulfonamides is 1. The molecule has 0 aromatic heterocycles. The molecule has 0 bridgehead atoms. The molecular weight excluding hydrogens is 395 g/mol. The Morgan fingerprint density at radius 1 is 1.08 bits per heavy atom. The molecule has 0 saturated heterocycles. The molecule has 1 amide bonds. The molecule has 0 aliphatic carbocycles. The van der Waals surface area contributed by atoms with E-state index >= 15 is 0 Å². The van der Waals surface area contributed by atoms with Crippen molar-refractivity contribution in [3.05, 3.63) is 58.1 Å². The second-order valence-corrected chi connectivity index (χ2v) is 8.32. The maximum Gasteiger partial charge on any atom is 0.240 e. The highest BCUT2D eigenvalue weighted by molar-refractivity contribution is 7.89. The summed E-state index contributed by atoms with van der Waals surface area (Å²) in [5.74, 6) is -0.199. The summed E-state index contributed by atoms with van der Waals surface area (Å²) in [6, 6.07) is 11.3. The van der Waals surface area contributed by atoms with Crippen LogP contribution in [0.5, 0.6) is 0 Å². The summed E-state index contributed by atoms with van der Waals surface area (Å²) in [5.41, 5.74) is 1.33. The van der Waals surface area contributed by atoms with Crippen LogP contribution in [0.3, 0.4) is 0 Å². The third kappa shape index (κ3) is 5.99. The number of carbonyl (C=O) groups excluding carboxylic acids is 1. The number of rotatable bonds is 8.